The summed E-state index contributed by atoms with van der Waals surface area (Å²) in [6, 6.07) is 41.3. The molecule has 1 fully saturated rings. The van der Waals surface area contributed by atoms with Crippen molar-refractivity contribution in [1.82, 2.24) is 15.0 Å². The van der Waals surface area contributed by atoms with Crippen molar-refractivity contribution in [2.75, 3.05) is 0 Å². The van der Waals surface area contributed by atoms with Crippen LogP contribution in [-0.2, 0) is 9.31 Å². The van der Waals surface area contributed by atoms with Gasteiger partial charge in [-0.25, -0.2) is 15.0 Å². The molecule has 1 saturated heterocycles. The average molecular weight is 561 g/mol. The Morgan fingerprint density at radius 3 is 1.51 bits per heavy atom. The van der Waals surface area contributed by atoms with E-state index in [1.807, 2.05) is 60.7 Å². The van der Waals surface area contributed by atoms with Crippen molar-refractivity contribution in [3.05, 3.63) is 121 Å². The molecule has 0 amide bonds. The van der Waals surface area contributed by atoms with Crippen molar-refractivity contribution < 1.29 is 9.31 Å². The highest BCUT2D eigenvalue weighted by Gasteiger charge is 2.52. The molecule has 0 unspecified atom stereocenters. The van der Waals surface area contributed by atoms with Gasteiger partial charge in [-0.05, 0) is 61.1 Å². The van der Waals surface area contributed by atoms with Gasteiger partial charge >= 0.3 is 7.12 Å². The van der Waals surface area contributed by atoms with Crippen molar-refractivity contribution in [3.8, 4) is 45.3 Å². The van der Waals surface area contributed by atoms with Gasteiger partial charge in [0, 0.05) is 16.7 Å². The average Bonchev–Trinajstić information content (AvgIpc) is 3.27. The molecule has 1 aliphatic rings. The summed E-state index contributed by atoms with van der Waals surface area (Å²) in [6.45, 7) is 8.34. The monoisotopic (exact) mass is 561 g/mol. The van der Waals surface area contributed by atoms with Gasteiger partial charge in [-0.2, -0.15) is 0 Å². The van der Waals surface area contributed by atoms with Crippen LogP contribution in [0.3, 0.4) is 0 Å². The van der Waals surface area contributed by atoms with Gasteiger partial charge in [-0.15, -0.1) is 0 Å². The second-order valence-electron chi connectivity index (χ2n) is 12.0. The fourth-order valence-corrected chi connectivity index (χ4v) is 5.51. The molecule has 210 valence electrons. The topological polar surface area (TPSA) is 57.1 Å². The van der Waals surface area contributed by atoms with E-state index in [9.17, 15) is 0 Å². The Hall–Kier alpha value is -4.65. The lowest BCUT2D eigenvalue weighted by Crippen LogP contribution is -2.41. The highest BCUT2D eigenvalue weighted by atomic mass is 16.7. The van der Waals surface area contributed by atoms with E-state index in [-0.39, 0.29) is 0 Å². The van der Waals surface area contributed by atoms with Crippen molar-refractivity contribution >= 4 is 23.4 Å². The van der Waals surface area contributed by atoms with Crippen molar-refractivity contribution in [2.45, 2.75) is 38.9 Å². The molecule has 2 heterocycles. The zero-order valence-electron chi connectivity index (χ0n) is 24.8. The molecule has 0 saturated carbocycles. The number of nitrogens with zero attached hydrogens (tertiary/aromatic N) is 3. The van der Waals surface area contributed by atoms with E-state index in [1.54, 1.807) is 0 Å². The first-order valence-corrected chi connectivity index (χ1v) is 14.6. The fraction of sp³-hybridized carbons (Fsp3) is 0.162. The molecule has 0 atom stereocenters. The lowest BCUT2D eigenvalue weighted by atomic mass is 9.75. The van der Waals surface area contributed by atoms with Crippen LogP contribution in [0.4, 0.5) is 0 Å². The van der Waals surface area contributed by atoms with Crippen LogP contribution >= 0.6 is 0 Å². The van der Waals surface area contributed by atoms with Crippen LogP contribution in [0.15, 0.2) is 121 Å². The van der Waals surface area contributed by atoms with Gasteiger partial charge in [0.25, 0.3) is 0 Å². The van der Waals surface area contributed by atoms with Gasteiger partial charge in [0.1, 0.15) is 0 Å². The summed E-state index contributed by atoms with van der Waals surface area (Å²) in [7, 11) is -0.437. The van der Waals surface area contributed by atoms with Crippen LogP contribution in [0.2, 0.25) is 0 Å². The Bertz CT molecular complexity index is 1870. The van der Waals surface area contributed by atoms with E-state index >= 15 is 0 Å². The molecule has 1 aromatic heterocycles. The molecule has 7 rings (SSSR count). The summed E-state index contributed by atoms with van der Waals surface area (Å²) in [5, 5.41) is 2.25. The van der Waals surface area contributed by atoms with E-state index in [0.29, 0.717) is 17.5 Å². The van der Waals surface area contributed by atoms with Gasteiger partial charge in [0.2, 0.25) is 0 Å². The number of hydrogen-bond acceptors (Lipinski definition) is 5. The summed E-state index contributed by atoms with van der Waals surface area (Å²) in [5.74, 6) is 1.92. The van der Waals surface area contributed by atoms with E-state index in [0.717, 1.165) is 44.1 Å². The molecule has 0 radical (unpaired) electrons. The Kier molecular flexibility index (Phi) is 6.68. The smallest absolute Gasteiger partial charge is 0.399 e. The Morgan fingerprint density at radius 2 is 0.930 bits per heavy atom. The third kappa shape index (κ3) is 5.03. The summed E-state index contributed by atoms with van der Waals surface area (Å²) in [4.78, 5) is 14.7. The SMILES string of the molecule is CC1(C)OB(c2ccc(-c3cccc(-c4nc(-c5ccccc5)nc(-c5ccccc5)n4)c3)c3ccccc23)OC1(C)C. The Labute approximate surface area is 252 Å². The second-order valence-corrected chi connectivity index (χ2v) is 12.0. The fourth-order valence-electron chi connectivity index (χ4n) is 5.51. The van der Waals surface area contributed by atoms with Crippen molar-refractivity contribution in [3.63, 3.8) is 0 Å². The molecular formula is C37H32BN3O2. The molecule has 0 N–H and O–H groups in total. The van der Waals surface area contributed by atoms with Gasteiger partial charge < -0.3 is 9.31 Å². The van der Waals surface area contributed by atoms with E-state index in [4.69, 9.17) is 24.3 Å². The molecule has 0 spiro atoms. The standard InChI is InChI=1S/C37H32BN3O2/c1-36(2)37(3,4)43-38(42-36)32-23-22-29(30-20-11-12-21-31(30)32)27-18-13-19-28(24-27)35-40-33(25-14-7-5-8-15-25)39-34(41-35)26-16-9-6-10-17-26/h5-24H,1-4H3. The van der Waals surface area contributed by atoms with Crippen molar-refractivity contribution in [2.24, 2.45) is 0 Å². The maximum atomic E-state index is 6.43. The number of benzene rings is 5. The van der Waals surface area contributed by atoms with Gasteiger partial charge in [-0.3, -0.25) is 0 Å². The summed E-state index contributed by atoms with van der Waals surface area (Å²) < 4.78 is 12.9. The van der Waals surface area contributed by atoms with Crippen LogP contribution in [0, 0.1) is 0 Å². The molecule has 43 heavy (non-hydrogen) atoms. The normalized spacial score (nSPS) is 15.6. The first-order valence-electron chi connectivity index (χ1n) is 14.6. The number of fused-ring (bicyclic) bond motifs is 1. The third-order valence-electron chi connectivity index (χ3n) is 8.60. The molecule has 6 aromatic rings. The molecular weight excluding hydrogens is 529 g/mol. The first kappa shape index (κ1) is 27.2. The minimum Gasteiger partial charge on any atom is -0.399 e. The third-order valence-corrected chi connectivity index (χ3v) is 8.60. The maximum Gasteiger partial charge on any atom is 0.495 e. The number of hydrogen-bond donors (Lipinski definition) is 0. The lowest BCUT2D eigenvalue weighted by molar-refractivity contribution is 0.00578. The van der Waals surface area contributed by atoms with Crippen LogP contribution in [-0.4, -0.2) is 33.3 Å². The largest absolute Gasteiger partial charge is 0.495 e. The van der Waals surface area contributed by atoms with Crippen LogP contribution in [0.1, 0.15) is 27.7 Å². The zero-order chi connectivity index (χ0) is 29.6. The van der Waals surface area contributed by atoms with Crippen LogP contribution < -0.4 is 5.46 Å². The van der Waals surface area contributed by atoms with Crippen molar-refractivity contribution in [1.29, 1.82) is 0 Å². The highest BCUT2D eigenvalue weighted by Crippen LogP contribution is 2.38. The minimum atomic E-state index is -0.437. The quantitative estimate of drug-likeness (QED) is 0.200. The molecule has 5 aromatic carbocycles. The maximum absolute atomic E-state index is 6.43. The summed E-state index contributed by atoms with van der Waals surface area (Å²) >= 11 is 0. The second kappa shape index (κ2) is 10.6. The van der Waals surface area contributed by atoms with E-state index in [2.05, 4.69) is 88.4 Å². The number of rotatable bonds is 5. The van der Waals surface area contributed by atoms with E-state index < -0.39 is 18.3 Å². The molecule has 1 aliphatic heterocycles. The van der Waals surface area contributed by atoms with E-state index in [1.165, 1.54) is 0 Å². The molecule has 0 bridgehead atoms. The van der Waals surface area contributed by atoms with Gasteiger partial charge in [0.15, 0.2) is 17.5 Å². The highest BCUT2D eigenvalue weighted by molar-refractivity contribution is 6.65. The molecule has 5 nitrogen and oxygen atoms in total. The molecule has 0 aliphatic carbocycles. The Balaban J connectivity index is 1.33. The summed E-state index contributed by atoms with van der Waals surface area (Å²) in [6.07, 6.45) is 0. The Morgan fingerprint density at radius 1 is 0.465 bits per heavy atom. The zero-order valence-corrected chi connectivity index (χ0v) is 24.8. The molecule has 6 heteroatoms. The van der Waals surface area contributed by atoms with Crippen LogP contribution in [0.25, 0.3) is 56.1 Å². The summed E-state index contributed by atoms with van der Waals surface area (Å²) in [5.41, 5.74) is 5.24. The minimum absolute atomic E-state index is 0.409. The van der Waals surface area contributed by atoms with Crippen LogP contribution in [0.5, 0.6) is 0 Å². The number of aromatic nitrogens is 3. The predicted octanol–water partition coefficient (Wildman–Crippen LogP) is 7.99. The predicted molar refractivity (Wildman–Crippen MR) is 175 cm³/mol. The lowest BCUT2D eigenvalue weighted by Gasteiger charge is -2.32. The first-order chi connectivity index (χ1) is 20.8. The van der Waals surface area contributed by atoms with Gasteiger partial charge in [0.05, 0.1) is 11.2 Å². The van der Waals surface area contributed by atoms with Gasteiger partial charge in [-0.1, -0.05) is 115 Å².